The molecule has 3 aromatic heterocycles. The summed E-state index contributed by atoms with van der Waals surface area (Å²) in [6.07, 6.45) is 0. The van der Waals surface area contributed by atoms with Crippen LogP contribution in [-0.4, -0.2) is 10.5 Å². The van der Waals surface area contributed by atoms with Crippen molar-refractivity contribution in [3.63, 3.8) is 0 Å². The van der Waals surface area contributed by atoms with Gasteiger partial charge in [-0.25, -0.2) is 0 Å². The minimum Gasteiger partial charge on any atom is -0.275 e. The molecule has 0 atom stereocenters. The van der Waals surface area contributed by atoms with Crippen molar-refractivity contribution in [1.29, 1.82) is 0 Å². The number of hydrogen-bond donors (Lipinski definition) is 0. The van der Waals surface area contributed by atoms with Crippen molar-refractivity contribution in [2.24, 2.45) is 0 Å². The molecule has 0 saturated heterocycles. The average molecular weight is 373 g/mol. The largest absolute Gasteiger partial charge is 0.275 e. The number of hydrogen-bond acceptors (Lipinski definition) is 5. The molecule has 0 aromatic carbocycles. The lowest BCUT2D eigenvalue weighted by Crippen LogP contribution is -1.78. The van der Waals surface area contributed by atoms with Crippen LogP contribution >= 0.6 is 57.2 Å². The van der Waals surface area contributed by atoms with Gasteiger partial charge in [-0.1, -0.05) is 0 Å². The van der Waals surface area contributed by atoms with Crippen molar-refractivity contribution < 1.29 is 9.59 Å². The molecule has 7 heteroatoms. The van der Waals surface area contributed by atoms with Crippen LogP contribution in [0.15, 0.2) is 36.4 Å². The molecule has 3 rings (SSSR count). The summed E-state index contributed by atoms with van der Waals surface area (Å²) in [6.45, 7) is 0. The van der Waals surface area contributed by atoms with Crippen LogP contribution in [-0.2, 0) is 0 Å². The molecule has 0 saturated carbocycles. The van der Waals surface area contributed by atoms with E-state index in [0.29, 0.717) is 9.75 Å². The van der Waals surface area contributed by atoms with E-state index in [-0.39, 0.29) is 0 Å². The van der Waals surface area contributed by atoms with Crippen molar-refractivity contribution in [2.75, 3.05) is 0 Å². The average Bonchev–Trinajstić information content (AvgIpc) is 3.18. The van der Waals surface area contributed by atoms with E-state index in [1.807, 2.05) is 24.3 Å². The minimum absolute atomic E-state index is 0.438. The number of halogens is 2. The second kappa shape index (κ2) is 6.02. The fourth-order valence-corrected chi connectivity index (χ4v) is 4.97. The molecule has 0 aliphatic carbocycles. The van der Waals surface area contributed by atoms with Gasteiger partial charge in [0.1, 0.15) is 0 Å². The Labute approximate surface area is 142 Å². The van der Waals surface area contributed by atoms with Crippen LogP contribution in [0.5, 0.6) is 0 Å². The van der Waals surface area contributed by atoms with Gasteiger partial charge in [-0.15, -0.1) is 34.0 Å². The predicted octanol–water partition coefficient (Wildman–Crippen LogP) is 5.96. The molecule has 0 amide bonds. The second-order valence-electron chi connectivity index (χ2n) is 4.04. The van der Waals surface area contributed by atoms with E-state index in [0.717, 1.165) is 19.5 Å². The molecule has 3 aromatic rings. The van der Waals surface area contributed by atoms with E-state index < -0.39 is 10.5 Å². The first-order valence-electron chi connectivity index (χ1n) is 5.74. The fourth-order valence-electron chi connectivity index (χ4n) is 1.75. The standard InChI is InChI=1S/C14H6Cl2O2S3/c15-13(17)11-5-3-9(20-11)7-1-2-8(19-7)10-4-6-12(21-10)14(16)18/h1-6H. The molecular formula is C14H6Cl2O2S3. The number of carbonyl (C=O) groups is 2. The van der Waals surface area contributed by atoms with Crippen LogP contribution in [0, 0.1) is 0 Å². The van der Waals surface area contributed by atoms with Gasteiger partial charge < -0.3 is 0 Å². The lowest BCUT2D eigenvalue weighted by Gasteiger charge is -1.90. The molecule has 0 spiro atoms. The molecule has 0 fully saturated rings. The molecule has 0 bridgehead atoms. The van der Waals surface area contributed by atoms with Gasteiger partial charge >= 0.3 is 0 Å². The normalized spacial score (nSPS) is 10.8. The molecule has 0 aliphatic heterocycles. The van der Waals surface area contributed by atoms with E-state index in [1.54, 1.807) is 23.5 Å². The highest BCUT2D eigenvalue weighted by molar-refractivity contribution is 7.27. The van der Waals surface area contributed by atoms with E-state index in [9.17, 15) is 9.59 Å². The van der Waals surface area contributed by atoms with Crippen LogP contribution in [0.3, 0.4) is 0 Å². The van der Waals surface area contributed by atoms with Gasteiger partial charge in [0.25, 0.3) is 10.5 Å². The minimum atomic E-state index is -0.438. The van der Waals surface area contributed by atoms with Gasteiger partial charge in [-0.3, -0.25) is 9.59 Å². The van der Waals surface area contributed by atoms with Crippen molar-refractivity contribution in [2.45, 2.75) is 0 Å². The molecule has 0 aliphatic rings. The van der Waals surface area contributed by atoms with Crippen LogP contribution < -0.4 is 0 Å². The number of carbonyl (C=O) groups excluding carboxylic acids is 2. The summed E-state index contributed by atoms with van der Waals surface area (Å²) < 4.78 is 0. The summed E-state index contributed by atoms with van der Waals surface area (Å²) in [5, 5.41) is -0.877. The van der Waals surface area contributed by atoms with E-state index >= 15 is 0 Å². The van der Waals surface area contributed by atoms with Crippen molar-refractivity contribution >= 4 is 67.7 Å². The summed E-state index contributed by atoms with van der Waals surface area (Å²) in [7, 11) is 0. The molecule has 3 heterocycles. The first kappa shape index (κ1) is 14.9. The highest BCUT2D eigenvalue weighted by Gasteiger charge is 2.12. The third-order valence-electron chi connectivity index (χ3n) is 2.69. The number of thiophene rings is 3. The van der Waals surface area contributed by atoms with Crippen LogP contribution in [0.1, 0.15) is 19.3 Å². The maximum Gasteiger partial charge on any atom is 0.262 e. The van der Waals surface area contributed by atoms with Crippen molar-refractivity contribution in [3.8, 4) is 19.5 Å². The van der Waals surface area contributed by atoms with Gasteiger partial charge in [0.05, 0.1) is 9.75 Å². The van der Waals surface area contributed by atoms with Crippen molar-refractivity contribution in [3.05, 3.63) is 46.2 Å². The SMILES string of the molecule is O=C(Cl)c1ccc(-c2ccc(-c3ccc(C(=O)Cl)s3)s2)s1. The summed E-state index contributed by atoms with van der Waals surface area (Å²) >= 11 is 15.3. The summed E-state index contributed by atoms with van der Waals surface area (Å²) in [5.41, 5.74) is 0. The molecule has 2 nitrogen and oxygen atoms in total. The van der Waals surface area contributed by atoms with E-state index in [1.165, 1.54) is 22.7 Å². The Morgan fingerprint density at radius 2 is 0.952 bits per heavy atom. The lowest BCUT2D eigenvalue weighted by molar-refractivity contribution is 0.107. The Morgan fingerprint density at radius 3 is 1.29 bits per heavy atom. The van der Waals surface area contributed by atoms with Gasteiger partial charge in [-0.2, -0.15) is 0 Å². The zero-order valence-electron chi connectivity index (χ0n) is 10.3. The quantitative estimate of drug-likeness (QED) is 0.529. The lowest BCUT2D eigenvalue weighted by atomic mass is 10.3. The van der Waals surface area contributed by atoms with Crippen LogP contribution in [0.2, 0.25) is 0 Å². The zero-order chi connectivity index (χ0) is 15.0. The van der Waals surface area contributed by atoms with Gasteiger partial charge in [0, 0.05) is 19.5 Å². The monoisotopic (exact) mass is 372 g/mol. The predicted molar refractivity (Wildman–Crippen MR) is 91.3 cm³/mol. The Balaban J connectivity index is 1.91. The van der Waals surface area contributed by atoms with Gasteiger partial charge in [0.2, 0.25) is 0 Å². The molecule has 0 radical (unpaired) electrons. The van der Waals surface area contributed by atoms with Crippen molar-refractivity contribution in [1.82, 2.24) is 0 Å². The van der Waals surface area contributed by atoms with Gasteiger partial charge in [0.15, 0.2) is 0 Å². The molecule has 0 unspecified atom stereocenters. The van der Waals surface area contributed by atoms with E-state index in [4.69, 9.17) is 23.2 Å². The summed E-state index contributed by atoms with van der Waals surface area (Å²) in [4.78, 5) is 27.4. The van der Waals surface area contributed by atoms with Crippen LogP contribution in [0.25, 0.3) is 19.5 Å². The Hall–Kier alpha value is -0.980. The second-order valence-corrected chi connectivity index (χ2v) is 7.98. The number of rotatable bonds is 4. The third kappa shape index (κ3) is 3.12. The summed E-state index contributed by atoms with van der Waals surface area (Å²) in [5.74, 6) is 0. The summed E-state index contributed by atoms with van der Waals surface area (Å²) in [6, 6.07) is 11.2. The third-order valence-corrected chi connectivity index (χ3v) is 6.97. The smallest absolute Gasteiger partial charge is 0.262 e. The molecule has 21 heavy (non-hydrogen) atoms. The Bertz CT molecular complexity index is 762. The molecule has 106 valence electrons. The Kier molecular flexibility index (Phi) is 4.28. The fraction of sp³-hybridized carbons (Fsp3) is 0. The highest BCUT2D eigenvalue weighted by atomic mass is 35.5. The van der Waals surface area contributed by atoms with E-state index in [2.05, 4.69) is 0 Å². The zero-order valence-corrected chi connectivity index (χ0v) is 14.2. The Morgan fingerprint density at radius 1 is 0.619 bits per heavy atom. The molecule has 0 N–H and O–H groups in total. The van der Waals surface area contributed by atoms with Gasteiger partial charge in [-0.05, 0) is 59.6 Å². The molecular weight excluding hydrogens is 367 g/mol. The first-order valence-corrected chi connectivity index (χ1v) is 8.95. The first-order chi connectivity index (χ1) is 10.0. The van der Waals surface area contributed by atoms with Crippen LogP contribution in [0.4, 0.5) is 0 Å². The maximum atomic E-state index is 11.1. The highest BCUT2D eigenvalue weighted by Crippen LogP contribution is 2.40. The maximum absolute atomic E-state index is 11.1. The topological polar surface area (TPSA) is 34.1 Å².